The minimum Gasteiger partial charge on any atom is -0.756 e. The van der Waals surface area contributed by atoms with Crippen LogP contribution in [-0.4, -0.2) is 65.8 Å². The lowest BCUT2D eigenvalue weighted by Gasteiger charge is -2.41. The molecule has 10 heteroatoms. The molecule has 178 valence electrons. The maximum absolute atomic E-state index is 11.1. The zero-order valence-corrected chi connectivity index (χ0v) is 20.1. The molecule has 3 aromatic rings. The fourth-order valence-electron chi connectivity index (χ4n) is 4.79. The number of aliphatic hydroxyl groups excluding tert-OH is 1. The van der Waals surface area contributed by atoms with E-state index in [-0.39, 0.29) is 29.2 Å². The first-order valence-corrected chi connectivity index (χ1v) is 12.4. The van der Waals surface area contributed by atoms with E-state index in [9.17, 15) is 13.9 Å². The summed E-state index contributed by atoms with van der Waals surface area (Å²) in [5.74, 6) is 1.44. The van der Waals surface area contributed by atoms with Crippen LogP contribution in [0.4, 0.5) is 5.95 Å². The number of hydrogen-bond donors (Lipinski definition) is 3. The van der Waals surface area contributed by atoms with Crippen molar-refractivity contribution in [3.05, 3.63) is 48.3 Å². The largest absolute Gasteiger partial charge is 0.756 e. The molecule has 2 aromatic heterocycles. The number of nitrogens with zero attached hydrogens (tertiary/aromatic N) is 4. The van der Waals surface area contributed by atoms with E-state index in [1.807, 2.05) is 43.9 Å². The standard InChI is InChI=1S/C23H32N6O3S/c1-16(15-30)19-5-4-6-21-20(19)12-14-28(21)22-11-13-24-23(26-22)25-17-7-9-18(10-8-17)29(2,3)27-33(31)32/h4-6,11-14,16-18,27,30H,7-10,15H2,1-3H3,(H-,24,25,26,31,32). The van der Waals surface area contributed by atoms with Crippen molar-refractivity contribution in [3.8, 4) is 5.82 Å². The number of aliphatic hydroxyl groups is 1. The van der Waals surface area contributed by atoms with Crippen LogP contribution in [-0.2, 0) is 11.3 Å². The molecule has 2 atom stereocenters. The van der Waals surface area contributed by atoms with E-state index in [4.69, 9.17) is 4.98 Å². The summed E-state index contributed by atoms with van der Waals surface area (Å²) < 4.78 is 24.4. The van der Waals surface area contributed by atoms with Crippen LogP contribution in [0, 0.1) is 0 Å². The van der Waals surface area contributed by atoms with Gasteiger partial charge in [0.2, 0.25) is 5.95 Å². The predicted molar refractivity (Wildman–Crippen MR) is 128 cm³/mol. The lowest BCUT2D eigenvalue weighted by molar-refractivity contribution is -0.945. The number of hydrogen-bond acceptors (Lipinski definition) is 6. The Morgan fingerprint density at radius 2 is 2.00 bits per heavy atom. The van der Waals surface area contributed by atoms with Gasteiger partial charge in [-0.25, -0.2) is 9.58 Å². The van der Waals surface area contributed by atoms with Crippen molar-refractivity contribution in [2.24, 2.45) is 0 Å². The van der Waals surface area contributed by atoms with E-state index in [2.05, 4.69) is 33.3 Å². The number of nitrogens with one attached hydrogen (secondary N) is 2. The average Bonchev–Trinajstić information content (AvgIpc) is 3.22. The van der Waals surface area contributed by atoms with Gasteiger partial charge < -0.3 is 19.5 Å². The maximum atomic E-state index is 11.1. The van der Waals surface area contributed by atoms with E-state index in [0.29, 0.717) is 5.95 Å². The third-order valence-electron chi connectivity index (χ3n) is 6.71. The van der Waals surface area contributed by atoms with Crippen LogP contribution in [0.3, 0.4) is 0 Å². The second-order valence-electron chi connectivity index (χ2n) is 9.30. The topological polar surface area (TPSA) is 115 Å². The summed E-state index contributed by atoms with van der Waals surface area (Å²) in [7, 11) is 3.77. The molecule has 1 aliphatic carbocycles. The lowest BCUT2D eigenvalue weighted by Crippen LogP contribution is -2.59. The van der Waals surface area contributed by atoms with Gasteiger partial charge in [-0.05, 0) is 36.6 Å². The van der Waals surface area contributed by atoms with Gasteiger partial charge in [0.05, 0.1) is 30.9 Å². The third kappa shape index (κ3) is 5.25. The molecule has 0 radical (unpaired) electrons. The van der Waals surface area contributed by atoms with E-state index < -0.39 is 11.3 Å². The van der Waals surface area contributed by atoms with Gasteiger partial charge in [0.25, 0.3) is 0 Å². The Balaban J connectivity index is 1.47. The summed E-state index contributed by atoms with van der Waals surface area (Å²) in [6, 6.07) is 10.6. The molecule has 0 bridgehead atoms. The molecule has 1 saturated carbocycles. The Labute approximate surface area is 196 Å². The maximum Gasteiger partial charge on any atom is 0.224 e. The molecule has 3 N–H and O–H groups in total. The highest BCUT2D eigenvalue weighted by Crippen LogP contribution is 2.29. The number of fused-ring (bicyclic) bond motifs is 1. The van der Waals surface area contributed by atoms with Gasteiger partial charge in [0.1, 0.15) is 11.9 Å². The molecule has 2 heterocycles. The molecule has 1 aromatic carbocycles. The molecular weight excluding hydrogens is 440 g/mol. The zero-order chi connectivity index (χ0) is 23.6. The van der Waals surface area contributed by atoms with Crippen LogP contribution in [0.25, 0.3) is 16.7 Å². The van der Waals surface area contributed by atoms with Gasteiger partial charge in [-0.1, -0.05) is 23.9 Å². The molecule has 33 heavy (non-hydrogen) atoms. The molecule has 0 saturated heterocycles. The van der Waals surface area contributed by atoms with Crippen molar-refractivity contribution in [3.63, 3.8) is 0 Å². The zero-order valence-electron chi connectivity index (χ0n) is 19.3. The number of quaternary nitrogens is 1. The Morgan fingerprint density at radius 1 is 1.24 bits per heavy atom. The van der Waals surface area contributed by atoms with Gasteiger partial charge in [0.15, 0.2) is 0 Å². The quantitative estimate of drug-likeness (QED) is 0.264. The van der Waals surface area contributed by atoms with Crippen LogP contribution >= 0.6 is 0 Å². The first-order chi connectivity index (χ1) is 15.8. The molecule has 0 aliphatic heterocycles. The molecule has 1 aliphatic rings. The number of anilines is 1. The predicted octanol–water partition coefficient (Wildman–Crippen LogP) is 2.61. The highest BCUT2D eigenvalue weighted by molar-refractivity contribution is 7.76. The Kier molecular flexibility index (Phi) is 7.10. The van der Waals surface area contributed by atoms with Crippen LogP contribution in [0.2, 0.25) is 0 Å². The number of benzene rings is 1. The van der Waals surface area contributed by atoms with Crippen LogP contribution < -0.4 is 10.1 Å². The Hall–Kier alpha value is -2.37. The van der Waals surface area contributed by atoms with Crippen LogP contribution in [0.1, 0.15) is 44.1 Å². The third-order valence-corrected chi connectivity index (χ3v) is 7.33. The van der Waals surface area contributed by atoms with Crippen molar-refractivity contribution in [1.29, 1.82) is 0 Å². The minimum absolute atomic E-state index is 0.0646. The fraction of sp³-hybridized carbons (Fsp3) is 0.478. The molecule has 2 unspecified atom stereocenters. The van der Waals surface area contributed by atoms with Gasteiger partial charge in [-0.3, -0.25) is 4.21 Å². The van der Waals surface area contributed by atoms with Crippen molar-refractivity contribution in [2.75, 3.05) is 26.0 Å². The highest BCUT2D eigenvalue weighted by Gasteiger charge is 2.33. The molecule has 0 amide bonds. The smallest absolute Gasteiger partial charge is 0.224 e. The Morgan fingerprint density at radius 3 is 2.70 bits per heavy atom. The number of aromatic nitrogens is 3. The Bertz CT molecular complexity index is 1130. The van der Waals surface area contributed by atoms with E-state index in [1.54, 1.807) is 6.20 Å². The SMILES string of the molecule is CC(CO)c1cccc2c1ccn2-c1ccnc(NC2CCC([N+](C)(C)NS(=O)[O-])CC2)n1. The van der Waals surface area contributed by atoms with Crippen molar-refractivity contribution in [1.82, 2.24) is 19.4 Å². The molecule has 9 nitrogen and oxygen atoms in total. The average molecular weight is 473 g/mol. The monoisotopic (exact) mass is 472 g/mol. The summed E-state index contributed by atoms with van der Waals surface area (Å²) in [5.41, 5.74) is 2.16. The highest BCUT2D eigenvalue weighted by atomic mass is 32.2. The van der Waals surface area contributed by atoms with E-state index in [1.165, 1.54) is 0 Å². The first kappa shape index (κ1) is 23.8. The fourth-order valence-corrected chi connectivity index (χ4v) is 5.32. The van der Waals surface area contributed by atoms with Crippen LogP contribution in [0.5, 0.6) is 0 Å². The molecular formula is C23H32N6O3S. The molecule has 0 spiro atoms. The van der Waals surface area contributed by atoms with Gasteiger partial charge in [-0.15, -0.1) is 0 Å². The summed E-state index contributed by atoms with van der Waals surface area (Å²) in [6.07, 6.45) is 7.41. The second-order valence-corrected chi connectivity index (χ2v) is 9.96. The second kappa shape index (κ2) is 9.86. The van der Waals surface area contributed by atoms with E-state index >= 15 is 0 Å². The lowest BCUT2D eigenvalue weighted by atomic mass is 9.90. The minimum atomic E-state index is -2.29. The van der Waals surface area contributed by atoms with Gasteiger partial charge >= 0.3 is 0 Å². The first-order valence-electron chi connectivity index (χ1n) is 11.3. The van der Waals surface area contributed by atoms with Crippen molar-refractivity contribution >= 4 is 28.1 Å². The van der Waals surface area contributed by atoms with Crippen LogP contribution in [0.15, 0.2) is 42.7 Å². The molecule has 4 rings (SSSR count). The number of rotatable bonds is 8. The van der Waals surface area contributed by atoms with Crippen molar-refractivity contribution in [2.45, 2.75) is 50.6 Å². The van der Waals surface area contributed by atoms with E-state index in [0.717, 1.165) is 48.0 Å². The van der Waals surface area contributed by atoms with Gasteiger partial charge in [0, 0.05) is 49.2 Å². The van der Waals surface area contributed by atoms with Crippen molar-refractivity contribution < 1.29 is 18.5 Å². The normalized spacial score (nSPS) is 21.1. The van der Waals surface area contributed by atoms with Gasteiger partial charge in [-0.2, -0.15) is 4.98 Å². The summed E-state index contributed by atoms with van der Waals surface area (Å²) >= 11 is -2.29. The molecule has 1 fully saturated rings. The summed E-state index contributed by atoms with van der Waals surface area (Å²) in [5, 5.41) is 14.2. The summed E-state index contributed by atoms with van der Waals surface area (Å²) in [6.45, 7) is 2.12. The summed E-state index contributed by atoms with van der Waals surface area (Å²) in [4.78, 5) is 11.8.